The topological polar surface area (TPSA) is 49.6 Å². The molecule has 0 atom stereocenters. The molecule has 118 valence electrons. The van der Waals surface area contributed by atoms with E-state index in [2.05, 4.69) is 24.0 Å². The van der Waals surface area contributed by atoms with Gasteiger partial charge < -0.3 is 14.2 Å². The van der Waals surface area contributed by atoms with E-state index in [1.54, 1.807) is 6.26 Å². The molecule has 0 radical (unpaired) electrons. The summed E-state index contributed by atoms with van der Waals surface area (Å²) >= 11 is 1.51. The molecule has 0 unspecified atom stereocenters. The minimum Gasteiger partial charge on any atom is -0.462 e. The van der Waals surface area contributed by atoms with Gasteiger partial charge in [0, 0.05) is 24.0 Å². The van der Waals surface area contributed by atoms with E-state index in [0.29, 0.717) is 11.7 Å². The van der Waals surface area contributed by atoms with Crippen LogP contribution in [0.5, 0.6) is 0 Å². The number of hydrogen-bond acceptors (Lipinski definition) is 5. The lowest BCUT2D eigenvalue weighted by Crippen LogP contribution is -2.44. The SMILES string of the molecule is Cc1sc(-c2ccco2)nc1C(=O)N1CCC(N(C)C)CC1. The Kier molecular flexibility index (Phi) is 4.31. The lowest BCUT2D eigenvalue weighted by molar-refractivity contribution is 0.0657. The number of hydrogen-bond donors (Lipinski definition) is 0. The fourth-order valence-electron chi connectivity index (χ4n) is 2.84. The van der Waals surface area contributed by atoms with Crippen molar-refractivity contribution in [1.29, 1.82) is 0 Å². The number of carbonyl (C=O) groups excluding carboxylic acids is 1. The van der Waals surface area contributed by atoms with Crippen molar-refractivity contribution in [1.82, 2.24) is 14.8 Å². The van der Waals surface area contributed by atoms with Crippen LogP contribution in [-0.2, 0) is 0 Å². The highest BCUT2D eigenvalue weighted by Crippen LogP contribution is 2.29. The Balaban J connectivity index is 1.73. The van der Waals surface area contributed by atoms with Gasteiger partial charge in [0.2, 0.25) is 0 Å². The van der Waals surface area contributed by atoms with Crippen LogP contribution in [0.2, 0.25) is 0 Å². The number of amides is 1. The van der Waals surface area contributed by atoms with E-state index in [0.717, 1.165) is 41.6 Å². The van der Waals surface area contributed by atoms with Gasteiger partial charge in [0.1, 0.15) is 5.69 Å². The zero-order valence-electron chi connectivity index (χ0n) is 13.2. The van der Waals surface area contributed by atoms with Gasteiger partial charge >= 0.3 is 0 Å². The molecule has 1 amide bonds. The Morgan fingerprint density at radius 2 is 2.14 bits per heavy atom. The largest absolute Gasteiger partial charge is 0.462 e. The van der Waals surface area contributed by atoms with E-state index < -0.39 is 0 Å². The van der Waals surface area contributed by atoms with E-state index in [4.69, 9.17) is 4.42 Å². The molecule has 0 aliphatic carbocycles. The summed E-state index contributed by atoms with van der Waals surface area (Å²) in [4.78, 5) is 22.3. The molecule has 2 aromatic rings. The third-order valence-electron chi connectivity index (χ3n) is 4.21. The second-order valence-corrected chi connectivity index (χ2v) is 7.09. The highest BCUT2D eigenvalue weighted by molar-refractivity contribution is 7.15. The fourth-order valence-corrected chi connectivity index (χ4v) is 3.71. The Morgan fingerprint density at radius 1 is 1.41 bits per heavy atom. The average Bonchev–Trinajstić information content (AvgIpc) is 3.16. The molecule has 3 rings (SSSR count). The monoisotopic (exact) mass is 319 g/mol. The highest BCUT2D eigenvalue weighted by Gasteiger charge is 2.27. The second-order valence-electron chi connectivity index (χ2n) is 5.89. The van der Waals surface area contributed by atoms with Crippen molar-refractivity contribution in [3.05, 3.63) is 29.0 Å². The van der Waals surface area contributed by atoms with E-state index in [-0.39, 0.29) is 5.91 Å². The molecule has 1 saturated heterocycles. The zero-order chi connectivity index (χ0) is 15.7. The third kappa shape index (κ3) is 2.94. The minimum absolute atomic E-state index is 0.0452. The molecule has 0 spiro atoms. The van der Waals surface area contributed by atoms with Crippen LogP contribution in [0.1, 0.15) is 28.2 Å². The lowest BCUT2D eigenvalue weighted by Gasteiger charge is -2.35. The number of piperidine rings is 1. The standard InChI is InChI=1S/C16H21N3O2S/c1-11-14(17-15(22-11)13-5-4-10-21-13)16(20)19-8-6-12(7-9-19)18(2)3/h4-5,10,12H,6-9H2,1-3H3. The first-order valence-electron chi connectivity index (χ1n) is 7.53. The number of likely N-dealkylation sites (tertiary alicyclic amines) is 1. The predicted octanol–water partition coefficient (Wildman–Crippen LogP) is 2.88. The number of rotatable bonds is 3. The molecule has 0 bridgehead atoms. The van der Waals surface area contributed by atoms with Gasteiger partial charge in [-0.25, -0.2) is 4.98 Å². The maximum absolute atomic E-state index is 12.7. The number of aromatic nitrogens is 1. The van der Waals surface area contributed by atoms with Crippen molar-refractivity contribution in [3.8, 4) is 10.8 Å². The van der Waals surface area contributed by atoms with Crippen molar-refractivity contribution in [2.24, 2.45) is 0 Å². The van der Waals surface area contributed by atoms with Crippen LogP contribution in [0.25, 0.3) is 10.8 Å². The van der Waals surface area contributed by atoms with Crippen molar-refractivity contribution in [2.45, 2.75) is 25.8 Å². The first-order valence-corrected chi connectivity index (χ1v) is 8.35. The van der Waals surface area contributed by atoms with Crippen molar-refractivity contribution < 1.29 is 9.21 Å². The fraction of sp³-hybridized carbons (Fsp3) is 0.500. The summed E-state index contributed by atoms with van der Waals surface area (Å²) in [6, 6.07) is 4.27. The third-order valence-corrected chi connectivity index (χ3v) is 5.20. The molecular formula is C16H21N3O2S. The van der Waals surface area contributed by atoms with Crippen LogP contribution in [0.4, 0.5) is 0 Å². The molecule has 0 aromatic carbocycles. The van der Waals surface area contributed by atoms with E-state index in [9.17, 15) is 4.79 Å². The van der Waals surface area contributed by atoms with E-state index in [1.165, 1.54) is 11.3 Å². The van der Waals surface area contributed by atoms with Crippen LogP contribution in [0.15, 0.2) is 22.8 Å². The smallest absolute Gasteiger partial charge is 0.273 e. The molecule has 3 heterocycles. The number of carbonyl (C=O) groups is 1. The zero-order valence-corrected chi connectivity index (χ0v) is 14.0. The maximum Gasteiger partial charge on any atom is 0.273 e. The maximum atomic E-state index is 12.7. The molecule has 2 aromatic heterocycles. The quantitative estimate of drug-likeness (QED) is 0.873. The Hall–Kier alpha value is -1.66. The molecule has 6 heteroatoms. The van der Waals surface area contributed by atoms with E-state index >= 15 is 0 Å². The summed E-state index contributed by atoms with van der Waals surface area (Å²) in [7, 11) is 4.20. The van der Waals surface area contributed by atoms with Gasteiger partial charge in [-0.3, -0.25) is 4.79 Å². The van der Waals surface area contributed by atoms with Gasteiger partial charge in [0.15, 0.2) is 10.8 Å². The van der Waals surface area contributed by atoms with E-state index in [1.807, 2.05) is 24.0 Å². The molecule has 5 nitrogen and oxygen atoms in total. The van der Waals surface area contributed by atoms with Crippen LogP contribution in [0.3, 0.4) is 0 Å². The summed E-state index contributed by atoms with van der Waals surface area (Å²) in [6.07, 6.45) is 3.67. The number of aryl methyl sites for hydroxylation is 1. The van der Waals surface area contributed by atoms with Gasteiger partial charge in [0.25, 0.3) is 5.91 Å². The Labute approximate surface area is 134 Å². The number of furan rings is 1. The van der Waals surface area contributed by atoms with Crippen LogP contribution in [0, 0.1) is 6.92 Å². The second kappa shape index (κ2) is 6.22. The summed E-state index contributed by atoms with van der Waals surface area (Å²) in [5.41, 5.74) is 0.569. The van der Waals surface area contributed by atoms with Crippen molar-refractivity contribution >= 4 is 17.2 Å². The lowest BCUT2D eigenvalue weighted by atomic mass is 10.0. The first-order chi connectivity index (χ1) is 10.6. The Bertz CT molecular complexity index is 640. The molecule has 1 fully saturated rings. The van der Waals surface area contributed by atoms with Crippen molar-refractivity contribution in [2.75, 3.05) is 27.2 Å². The van der Waals surface area contributed by atoms with Crippen LogP contribution < -0.4 is 0 Å². The molecule has 0 N–H and O–H groups in total. The molecular weight excluding hydrogens is 298 g/mol. The molecule has 0 saturated carbocycles. The van der Waals surface area contributed by atoms with Crippen LogP contribution >= 0.6 is 11.3 Å². The molecule has 1 aliphatic heterocycles. The van der Waals surface area contributed by atoms with Crippen LogP contribution in [-0.4, -0.2) is 53.9 Å². The minimum atomic E-state index is 0.0452. The van der Waals surface area contributed by atoms with Gasteiger partial charge in [-0.15, -0.1) is 11.3 Å². The summed E-state index contributed by atoms with van der Waals surface area (Å²) in [5, 5.41) is 0.772. The number of thiazole rings is 1. The highest BCUT2D eigenvalue weighted by atomic mass is 32.1. The molecule has 1 aliphatic rings. The van der Waals surface area contributed by atoms with Crippen molar-refractivity contribution in [3.63, 3.8) is 0 Å². The first kappa shape index (κ1) is 15.2. The summed E-state index contributed by atoms with van der Waals surface area (Å²) < 4.78 is 5.37. The summed E-state index contributed by atoms with van der Waals surface area (Å²) in [6.45, 7) is 3.55. The molecule has 22 heavy (non-hydrogen) atoms. The van der Waals surface area contributed by atoms with Gasteiger partial charge in [0.05, 0.1) is 6.26 Å². The van der Waals surface area contributed by atoms with Gasteiger partial charge in [-0.1, -0.05) is 0 Å². The van der Waals surface area contributed by atoms with Gasteiger partial charge in [-0.05, 0) is 46.0 Å². The average molecular weight is 319 g/mol. The predicted molar refractivity (Wildman–Crippen MR) is 87.2 cm³/mol. The normalized spacial score (nSPS) is 16.5. The number of nitrogens with zero attached hydrogens (tertiary/aromatic N) is 3. The summed E-state index contributed by atoms with van der Waals surface area (Å²) in [5.74, 6) is 0.766. The Morgan fingerprint density at radius 3 is 2.73 bits per heavy atom. The van der Waals surface area contributed by atoms with Gasteiger partial charge in [-0.2, -0.15) is 0 Å².